The molecule has 1 saturated carbocycles. The molecule has 1 heteroatoms. The molecule has 0 aliphatic heterocycles. The Hall–Kier alpha value is -0.300. The number of hydrogen-bond acceptors (Lipinski definition) is 1. The molecule has 2 N–H and O–H groups in total. The second-order valence-electron chi connectivity index (χ2n) is 4.45. The van der Waals surface area contributed by atoms with Crippen LogP contribution in [0.2, 0.25) is 0 Å². The standard InChI is InChI=1S/C12H23N/c1-3-10(2)8-12(13)9-11-6-4-5-7-11/h11-12H,2-9,13H2,1H3. The quantitative estimate of drug-likeness (QED) is 0.647. The summed E-state index contributed by atoms with van der Waals surface area (Å²) in [5.74, 6) is 0.916. The van der Waals surface area contributed by atoms with E-state index in [9.17, 15) is 0 Å². The van der Waals surface area contributed by atoms with E-state index < -0.39 is 0 Å². The van der Waals surface area contributed by atoms with Gasteiger partial charge >= 0.3 is 0 Å². The molecule has 0 amide bonds. The molecule has 1 fully saturated rings. The summed E-state index contributed by atoms with van der Waals surface area (Å²) in [4.78, 5) is 0. The van der Waals surface area contributed by atoms with Crippen LogP contribution in [0.25, 0.3) is 0 Å². The summed E-state index contributed by atoms with van der Waals surface area (Å²) in [6.07, 6.45) is 9.00. The zero-order chi connectivity index (χ0) is 9.68. The third-order valence-electron chi connectivity index (χ3n) is 3.16. The van der Waals surface area contributed by atoms with Crippen LogP contribution < -0.4 is 5.73 Å². The van der Waals surface area contributed by atoms with Crippen LogP contribution in [0.1, 0.15) is 51.9 Å². The highest BCUT2D eigenvalue weighted by molar-refractivity contribution is 4.96. The van der Waals surface area contributed by atoms with Crippen molar-refractivity contribution < 1.29 is 0 Å². The van der Waals surface area contributed by atoms with Crippen molar-refractivity contribution in [1.82, 2.24) is 0 Å². The summed E-state index contributed by atoms with van der Waals surface area (Å²) >= 11 is 0. The van der Waals surface area contributed by atoms with Crippen LogP contribution >= 0.6 is 0 Å². The summed E-state index contributed by atoms with van der Waals surface area (Å²) in [5, 5.41) is 0. The van der Waals surface area contributed by atoms with Crippen LogP contribution in [0.5, 0.6) is 0 Å². The van der Waals surface area contributed by atoms with E-state index in [1.54, 1.807) is 0 Å². The van der Waals surface area contributed by atoms with Crippen molar-refractivity contribution in [2.24, 2.45) is 11.7 Å². The van der Waals surface area contributed by atoms with Crippen molar-refractivity contribution >= 4 is 0 Å². The minimum atomic E-state index is 0.371. The SMILES string of the molecule is C=C(CC)CC(N)CC1CCCC1. The molecule has 0 bridgehead atoms. The summed E-state index contributed by atoms with van der Waals surface area (Å²) in [7, 11) is 0. The predicted octanol–water partition coefficient (Wildman–Crippen LogP) is 3.25. The van der Waals surface area contributed by atoms with Gasteiger partial charge in [-0.25, -0.2) is 0 Å². The Morgan fingerprint density at radius 3 is 2.62 bits per heavy atom. The van der Waals surface area contributed by atoms with Gasteiger partial charge in [0.1, 0.15) is 0 Å². The third-order valence-corrected chi connectivity index (χ3v) is 3.16. The number of hydrogen-bond donors (Lipinski definition) is 1. The topological polar surface area (TPSA) is 26.0 Å². The Balaban J connectivity index is 2.16. The van der Waals surface area contributed by atoms with Gasteiger partial charge in [0.05, 0.1) is 0 Å². The first-order valence-corrected chi connectivity index (χ1v) is 5.64. The highest BCUT2D eigenvalue weighted by Crippen LogP contribution is 2.29. The van der Waals surface area contributed by atoms with Gasteiger partial charge in [-0.2, -0.15) is 0 Å². The van der Waals surface area contributed by atoms with Gasteiger partial charge in [-0.05, 0) is 25.2 Å². The molecule has 0 spiro atoms. The monoisotopic (exact) mass is 181 g/mol. The lowest BCUT2D eigenvalue weighted by atomic mass is 9.94. The number of rotatable bonds is 5. The van der Waals surface area contributed by atoms with Gasteiger partial charge in [0.2, 0.25) is 0 Å². The van der Waals surface area contributed by atoms with E-state index in [-0.39, 0.29) is 0 Å². The Labute approximate surface area is 82.4 Å². The lowest BCUT2D eigenvalue weighted by Crippen LogP contribution is -2.23. The maximum atomic E-state index is 6.07. The molecule has 1 unspecified atom stereocenters. The molecular formula is C12H23N. The highest BCUT2D eigenvalue weighted by Gasteiger charge is 2.17. The van der Waals surface area contributed by atoms with Crippen LogP contribution in [-0.4, -0.2) is 6.04 Å². The first-order valence-electron chi connectivity index (χ1n) is 5.64. The second-order valence-corrected chi connectivity index (χ2v) is 4.45. The van der Waals surface area contributed by atoms with Gasteiger partial charge in [-0.15, -0.1) is 0 Å². The predicted molar refractivity (Wildman–Crippen MR) is 58.6 cm³/mol. The minimum Gasteiger partial charge on any atom is -0.327 e. The van der Waals surface area contributed by atoms with Crippen LogP contribution in [0.15, 0.2) is 12.2 Å². The average Bonchev–Trinajstić information content (AvgIpc) is 2.56. The molecule has 0 saturated heterocycles. The maximum absolute atomic E-state index is 6.07. The Kier molecular flexibility index (Phi) is 4.51. The van der Waals surface area contributed by atoms with Crippen molar-refractivity contribution in [2.45, 2.75) is 57.9 Å². The molecule has 1 rings (SSSR count). The van der Waals surface area contributed by atoms with Gasteiger partial charge in [-0.3, -0.25) is 0 Å². The van der Waals surface area contributed by atoms with Gasteiger partial charge in [0, 0.05) is 6.04 Å². The largest absolute Gasteiger partial charge is 0.327 e. The summed E-state index contributed by atoms with van der Waals surface area (Å²) in [6.45, 7) is 6.17. The molecule has 1 atom stereocenters. The molecule has 0 aromatic rings. The summed E-state index contributed by atoms with van der Waals surface area (Å²) in [5.41, 5.74) is 7.38. The minimum absolute atomic E-state index is 0.371. The van der Waals surface area contributed by atoms with E-state index in [0.717, 1.165) is 18.8 Å². The van der Waals surface area contributed by atoms with Crippen molar-refractivity contribution in [1.29, 1.82) is 0 Å². The molecule has 76 valence electrons. The van der Waals surface area contributed by atoms with E-state index in [0.29, 0.717) is 6.04 Å². The van der Waals surface area contributed by atoms with Crippen LogP contribution in [0.3, 0.4) is 0 Å². The van der Waals surface area contributed by atoms with E-state index in [4.69, 9.17) is 5.73 Å². The zero-order valence-electron chi connectivity index (χ0n) is 8.89. The van der Waals surface area contributed by atoms with E-state index in [2.05, 4.69) is 13.5 Å². The lowest BCUT2D eigenvalue weighted by Gasteiger charge is -2.16. The van der Waals surface area contributed by atoms with Crippen LogP contribution in [0, 0.1) is 5.92 Å². The van der Waals surface area contributed by atoms with Crippen LogP contribution in [-0.2, 0) is 0 Å². The van der Waals surface area contributed by atoms with E-state index >= 15 is 0 Å². The first kappa shape index (κ1) is 10.8. The average molecular weight is 181 g/mol. The molecular weight excluding hydrogens is 158 g/mol. The summed E-state index contributed by atoms with van der Waals surface area (Å²) in [6, 6.07) is 0.371. The van der Waals surface area contributed by atoms with Gasteiger partial charge in [0.25, 0.3) is 0 Å². The fourth-order valence-electron chi connectivity index (χ4n) is 2.27. The van der Waals surface area contributed by atoms with Crippen molar-refractivity contribution in [3.8, 4) is 0 Å². The Morgan fingerprint density at radius 1 is 1.46 bits per heavy atom. The Bertz CT molecular complexity index is 157. The molecule has 13 heavy (non-hydrogen) atoms. The molecule has 1 aliphatic carbocycles. The lowest BCUT2D eigenvalue weighted by molar-refractivity contribution is 0.438. The van der Waals surface area contributed by atoms with Crippen molar-refractivity contribution in [3.05, 3.63) is 12.2 Å². The van der Waals surface area contributed by atoms with E-state index in [1.807, 2.05) is 0 Å². The molecule has 0 aromatic carbocycles. The summed E-state index contributed by atoms with van der Waals surface area (Å²) < 4.78 is 0. The molecule has 0 radical (unpaired) electrons. The Morgan fingerprint density at radius 2 is 2.08 bits per heavy atom. The number of nitrogens with two attached hydrogens (primary N) is 1. The zero-order valence-corrected chi connectivity index (χ0v) is 8.89. The maximum Gasteiger partial charge on any atom is 0.00786 e. The first-order chi connectivity index (χ1) is 6.22. The van der Waals surface area contributed by atoms with Crippen molar-refractivity contribution in [3.63, 3.8) is 0 Å². The normalized spacial score (nSPS) is 20.5. The molecule has 1 nitrogen and oxygen atoms in total. The molecule has 0 heterocycles. The van der Waals surface area contributed by atoms with E-state index in [1.165, 1.54) is 37.7 Å². The van der Waals surface area contributed by atoms with Gasteiger partial charge < -0.3 is 5.73 Å². The van der Waals surface area contributed by atoms with Gasteiger partial charge in [0.15, 0.2) is 0 Å². The fourth-order valence-corrected chi connectivity index (χ4v) is 2.27. The third kappa shape index (κ3) is 3.95. The highest BCUT2D eigenvalue weighted by atomic mass is 14.6. The second kappa shape index (κ2) is 5.43. The fraction of sp³-hybridized carbons (Fsp3) is 0.833. The van der Waals surface area contributed by atoms with Crippen molar-refractivity contribution in [2.75, 3.05) is 0 Å². The van der Waals surface area contributed by atoms with Gasteiger partial charge in [-0.1, -0.05) is 44.8 Å². The van der Waals surface area contributed by atoms with Crippen LogP contribution in [0.4, 0.5) is 0 Å². The molecule has 1 aliphatic rings. The smallest absolute Gasteiger partial charge is 0.00786 e. The molecule has 0 aromatic heterocycles.